The summed E-state index contributed by atoms with van der Waals surface area (Å²) in [4.78, 5) is 4.16. The Morgan fingerprint density at radius 2 is 1.82 bits per heavy atom. The molecule has 0 aromatic heterocycles. The maximum absolute atomic E-state index is 11.9. The Hall–Kier alpha value is -0.210. The maximum Gasteiger partial charge on any atom is 0.390 e. The summed E-state index contributed by atoms with van der Waals surface area (Å²) in [7, 11) is 0. The number of hydrogen-bond acceptors (Lipinski definition) is 1. The van der Waals surface area contributed by atoms with Crippen LogP contribution in [-0.2, 0) is 0 Å². The lowest BCUT2D eigenvalue weighted by molar-refractivity contribution is -0.132. The quantitative estimate of drug-likeness (QED) is 0.446. The molecule has 3 nitrogen and oxygen atoms in total. The van der Waals surface area contributed by atoms with Gasteiger partial charge in [0.1, 0.15) is 0 Å². The highest BCUT2D eigenvalue weighted by Crippen LogP contribution is 2.17. The molecule has 0 fully saturated rings. The minimum Gasteiger partial charge on any atom is -0.357 e. The van der Waals surface area contributed by atoms with Crippen LogP contribution in [0.25, 0.3) is 0 Å². The lowest BCUT2D eigenvalue weighted by Crippen LogP contribution is -2.39. The van der Waals surface area contributed by atoms with Gasteiger partial charge in [-0.25, -0.2) is 0 Å². The summed E-state index contributed by atoms with van der Waals surface area (Å²) in [6.45, 7) is 6.96. The second-order valence-electron chi connectivity index (χ2n) is 3.91. The first kappa shape index (κ1) is 19.1. The molecule has 104 valence electrons. The van der Waals surface area contributed by atoms with Crippen LogP contribution in [0.4, 0.5) is 13.2 Å². The molecule has 0 radical (unpaired) electrons. The number of rotatable bonds is 5. The van der Waals surface area contributed by atoms with E-state index < -0.39 is 12.6 Å². The van der Waals surface area contributed by atoms with Crippen LogP contribution in [-0.4, -0.2) is 31.8 Å². The monoisotopic (exact) mass is 367 g/mol. The van der Waals surface area contributed by atoms with Crippen LogP contribution in [0.3, 0.4) is 0 Å². The van der Waals surface area contributed by atoms with Gasteiger partial charge in [0.25, 0.3) is 0 Å². The van der Waals surface area contributed by atoms with Gasteiger partial charge in [-0.15, -0.1) is 24.0 Å². The van der Waals surface area contributed by atoms with Crippen molar-refractivity contribution in [1.29, 1.82) is 0 Å². The van der Waals surface area contributed by atoms with E-state index in [1.54, 1.807) is 0 Å². The van der Waals surface area contributed by atoms with Gasteiger partial charge in [-0.2, -0.15) is 13.2 Å². The second kappa shape index (κ2) is 9.78. The highest BCUT2D eigenvalue weighted by atomic mass is 127. The van der Waals surface area contributed by atoms with E-state index in [0.717, 1.165) is 0 Å². The van der Waals surface area contributed by atoms with E-state index >= 15 is 0 Å². The smallest absolute Gasteiger partial charge is 0.357 e. The molecule has 0 saturated carbocycles. The Labute approximate surface area is 118 Å². The minimum atomic E-state index is -4.12. The van der Waals surface area contributed by atoms with Gasteiger partial charge in [0.2, 0.25) is 0 Å². The van der Waals surface area contributed by atoms with Gasteiger partial charge in [-0.05, 0) is 12.8 Å². The van der Waals surface area contributed by atoms with E-state index in [1.165, 1.54) is 0 Å². The standard InChI is InChI=1S/C10H20F3N3.HI/c1-4-14-9(16-7-8(2)3)15-6-5-10(11,12)13;/h8H,4-7H2,1-3H3,(H2,14,15,16);1H. The zero-order chi connectivity index (χ0) is 12.6. The van der Waals surface area contributed by atoms with Crippen LogP contribution >= 0.6 is 24.0 Å². The molecule has 17 heavy (non-hydrogen) atoms. The third-order valence-electron chi connectivity index (χ3n) is 1.66. The lowest BCUT2D eigenvalue weighted by atomic mass is 10.2. The first-order valence-corrected chi connectivity index (χ1v) is 5.44. The SMILES string of the molecule is CCNC(=NCC(C)C)NCCC(F)(F)F.I. The summed E-state index contributed by atoms with van der Waals surface area (Å²) in [6, 6.07) is 0. The van der Waals surface area contributed by atoms with Crippen LogP contribution < -0.4 is 10.6 Å². The summed E-state index contributed by atoms with van der Waals surface area (Å²) in [5.74, 6) is 0.832. The van der Waals surface area contributed by atoms with Gasteiger partial charge in [0.15, 0.2) is 5.96 Å². The summed E-state index contributed by atoms with van der Waals surface area (Å²) in [5, 5.41) is 5.55. The Morgan fingerprint density at radius 1 is 1.24 bits per heavy atom. The van der Waals surface area contributed by atoms with E-state index in [-0.39, 0.29) is 30.5 Å². The number of hydrogen-bond donors (Lipinski definition) is 2. The van der Waals surface area contributed by atoms with Crippen LogP contribution in [0, 0.1) is 5.92 Å². The number of aliphatic imine (C=N–C) groups is 1. The highest BCUT2D eigenvalue weighted by molar-refractivity contribution is 14.0. The van der Waals surface area contributed by atoms with Gasteiger partial charge in [-0.3, -0.25) is 4.99 Å². The first-order valence-electron chi connectivity index (χ1n) is 5.44. The van der Waals surface area contributed by atoms with Crippen LogP contribution in [0.5, 0.6) is 0 Å². The molecule has 0 aliphatic rings. The van der Waals surface area contributed by atoms with Gasteiger partial charge in [0.05, 0.1) is 6.42 Å². The molecule has 0 amide bonds. The minimum absolute atomic E-state index is 0. The number of guanidine groups is 1. The topological polar surface area (TPSA) is 36.4 Å². The molecular weight excluding hydrogens is 346 g/mol. The molecule has 0 rings (SSSR count). The number of halogens is 4. The fraction of sp³-hybridized carbons (Fsp3) is 0.900. The molecule has 0 spiro atoms. The molecule has 0 aromatic rings. The van der Waals surface area contributed by atoms with Crippen LogP contribution in [0.15, 0.2) is 4.99 Å². The van der Waals surface area contributed by atoms with E-state index in [0.29, 0.717) is 25.0 Å². The van der Waals surface area contributed by atoms with Crippen molar-refractivity contribution in [3.63, 3.8) is 0 Å². The Morgan fingerprint density at radius 3 is 2.24 bits per heavy atom. The molecular formula is C10H21F3IN3. The van der Waals surface area contributed by atoms with Crippen molar-refractivity contribution in [2.45, 2.75) is 33.4 Å². The molecule has 0 heterocycles. The third kappa shape index (κ3) is 13.7. The molecule has 0 unspecified atom stereocenters. The van der Waals surface area contributed by atoms with E-state index in [4.69, 9.17) is 0 Å². The van der Waals surface area contributed by atoms with Gasteiger partial charge >= 0.3 is 6.18 Å². The first-order chi connectivity index (χ1) is 7.35. The highest BCUT2D eigenvalue weighted by Gasteiger charge is 2.26. The average molecular weight is 367 g/mol. The summed E-state index contributed by atoms with van der Waals surface area (Å²) in [6.07, 6.45) is -4.97. The number of nitrogens with one attached hydrogen (secondary N) is 2. The predicted octanol–water partition coefficient (Wildman–Crippen LogP) is 2.77. The van der Waals surface area contributed by atoms with Crippen molar-refractivity contribution < 1.29 is 13.2 Å². The predicted molar refractivity (Wildman–Crippen MR) is 74.9 cm³/mol. The molecule has 0 bridgehead atoms. The lowest BCUT2D eigenvalue weighted by Gasteiger charge is -2.12. The largest absolute Gasteiger partial charge is 0.390 e. The van der Waals surface area contributed by atoms with Crippen molar-refractivity contribution in [2.75, 3.05) is 19.6 Å². The summed E-state index contributed by atoms with van der Waals surface area (Å²) >= 11 is 0. The molecule has 0 aliphatic heterocycles. The van der Waals surface area contributed by atoms with Crippen molar-refractivity contribution in [1.82, 2.24) is 10.6 Å². The number of nitrogens with zero attached hydrogens (tertiary/aromatic N) is 1. The molecule has 7 heteroatoms. The van der Waals surface area contributed by atoms with E-state index in [1.807, 2.05) is 20.8 Å². The summed E-state index contributed by atoms with van der Waals surface area (Å²) < 4.78 is 35.7. The molecule has 0 saturated heterocycles. The molecule has 0 aromatic carbocycles. The maximum atomic E-state index is 11.9. The van der Waals surface area contributed by atoms with Crippen molar-refractivity contribution in [2.24, 2.45) is 10.9 Å². The average Bonchev–Trinajstić information content (AvgIpc) is 2.12. The van der Waals surface area contributed by atoms with Crippen LogP contribution in [0.2, 0.25) is 0 Å². The zero-order valence-corrected chi connectivity index (χ0v) is 12.7. The van der Waals surface area contributed by atoms with Crippen molar-refractivity contribution in [3.05, 3.63) is 0 Å². The third-order valence-corrected chi connectivity index (χ3v) is 1.66. The van der Waals surface area contributed by atoms with E-state index in [9.17, 15) is 13.2 Å². The number of alkyl halides is 3. The molecule has 2 N–H and O–H groups in total. The van der Waals surface area contributed by atoms with Crippen LogP contribution in [0.1, 0.15) is 27.2 Å². The fourth-order valence-electron chi connectivity index (χ4n) is 0.938. The molecule has 0 aliphatic carbocycles. The van der Waals surface area contributed by atoms with Crippen molar-refractivity contribution in [3.8, 4) is 0 Å². The Bertz CT molecular complexity index is 217. The summed E-state index contributed by atoms with van der Waals surface area (Å²) in [5.41, 5.74) is 0. The van der Waals surface area contributed by atoms with Gasteiger partial charge in [-0.1, -0.05) is 13.8 Å². The van der Waals surface area contributed by atoms with Gasteiger partial charge in [0, 0.05) is 19.6 Å². The normalized spacial score (nSPS) is 12.3. The second-order valence-corrected chi connectivity index (χ2v) is 3.91. The Kier molecular flexibility index (Phi) is 11.0. The fourth-order valence-corrected chi connectivity index (χ4v) is 0.938. The molecule has 0 atom stereocenters. The van der Waals surface area contributed by atoms with E-state index in [2.05, 4.69) is 15.6 Å². The van der Waals surface area contributed by atoms with Gasteiger partial charge < -0.3 is 10.6 Å². The van der Waals surface area contributed by atoms with Crippen molar-refractivity contribution >= 4 is 29.9 Å². The Balaban J connectivity index is 0. The zero-order valence-electron chi connectivity index (χ0n) is 10.4.